The summed E-state index contributed by atoms with van der Waals surface area (Å²) in [5, 5.41) is 39.1. The number of ether oxygens (including phenoxy) is 2. The first kappa shape index (κ1) is 17.4. The summed E-state index contributed by atoms with van der Waals surface area (Å²) in [4.78, 5) is 22.5. The summed E-state index contributed by atoms with van der Waals surface area (Å²) in [6.07, 6.45) is -8.53. The van der Waals surface area contributed by atoms with Gasteiger partial charge in [-0.15, -0.1) is 0 Å². The van der Waals surface area contributed by atoms with Gasteiger partial charge < -0.3 is 34.3 Å². The van der Waals surface area contributed by atoms with Crippen LogP contribution in [-0.2, 0) is 9.53 Å². The summed E-state index contributed by atoms with van der Waals surface area (Å²) in [5.41, 5.74) is 0.403. The molecular weight excluding hydrogens is 336 g/mol. The van der Waals surface area contributed by atoms with E-state index in [0.717, 1.165) is 0 Å². The maximum Gasteiger partial charge on any atom is 0.336 e. The highest BCUT2D eigenvalue weighted by Crippen LogP contribution is 2.27. The van der Waals surface area contributed by atoms with E-state index in [-0.39, 0.29) is 11.3 Å². The highest BCUT2D eigenvalue weighted by Gasteiger charge is 2.48. The van der Waals surface area contributed by atoms with E-state index in [1.807, 2.05) is 0 Å². The third kappa shape index (κ3) is 3.22. The van der Waals surface area contributed by atoms with Crippen molar-refractivity contribution in [1.82, 2.24) is 0 Å². The molecule has 4 N–H and O–H groups in total. The Labute approximate surface area is 140 Å². The summed E-state index contributed by atoms with van der Waals surface area (Å²) in [7, 11) is 0. The molecule has 134 valence electrons. The van der Waals surface area contributed by atoms with Crippen LogP contribution in [-0.4, -0.2) is 57.1 Å². The number of aryl methyl sites for hydroxylation is 1. The van der Waals surface area contributed by atoms with Crippen LogP contribution in [0.2, 0.25) is 0 Å². The van der Waals surface area contributed by atoms with Crippen molar-refractivity contribution < 1.29 is 39.1 Å². The van der Waals surface area contributed by atoms with Gasteiger partial charge >= 0.3 is 11.6 Å². The molecule has 1 aliphatic heterocycles. The van der Waals surface area contributed by atoms with Crippen molar-refractivity contribution in [3.63, 3.8) is 0 Å². The van der Waals surface area contributed by atoms with Crippen molar-refractivity contribution in [2.24, 2.45) is 0 Å². The maximum absolute atomic E-state index is 11.5. The predicted octanol–water partition coefficient (Wildman–Crippen LogP) is -0.628. The zero-order chi connectivity index (χ0) is 18.3. The van der Waals surface area contributed by atoms with Gasteiger partial charge in [-0.3, -0.25) is 0 Å². The molecule has 25 heavy (non-hydrogen) atoms. The molecule has 3 rings (SSSR count). The normalized spacial score (nSPS) is 29.5. The number of carbonyl (C=O) groups is 1. The molecule has 3 unspecified atom stereocenters. The third-order valence-corrected chi connectivity index (χ3v) is 3.99. The Morgan fingerprint density at radius 3 is 2.52 bits per heavy atom. The SMILES string of the molecule is Cc1cc(=O)oc2cc(O[C@@H]3OC(C(=O)O)[C@@H](O)C(O)C3O)ccc12. The smallest absolute Gasteiger partial charge is 0.336 e. The number of hydrogen-bond acceptors (Lipinski definition) is 8. The van der Waals surface area contributed by atoms with Crippen LogP contribution in [0.15, 0.2) is 33.5 Å². The summed E-state index contributed by atoms with van der Waals surface area (Å²) < 4.78 is 15.5. The van der Waals surface area contributed by atoms with Gasteiger partial charge in [0.2, 0.25) is 6.29 Å². The predicted molar refractivity (Wildman–Crippen MR) is 82.2 cm³/mol. The molecule has 0 radical (unpaired) electrons. The van der Waals surface area contributed by atoms with Crippen LogP contribution in [0, 0.1) is 6.92 Å². The van der Waals surface area contributed by atoms with Gasteiger partial charge in [0.05, 0.1) is 0 Å². The molecule has 0 amide bonds. The number of carboxylic acids is 1. The molecular formula is C16H16O9. The molecule has 0 saturated carbocycles. The average molecular weight is 352 g/mol. The molecule has 9 heteroatoms. The molecule has 0 aliphatic carbocycles. The van der Waals surface area contributed by atoms with E-state index in [1.165, 1.54) is 18.2 Å². The Bertz CT molecular complexity index is 858. The first-order valence-corrected chi connectivity index (χ1v) is 7.41. The fourth-order valence-electron chi connectivity index (χ4n) is 2.66. The van der Waals surface area contributed by atoms with Gasteiger partial charge in [0.25, 0.3) is 0 Å². The Morgan fingerprint density at radius 1 is 1.12 bits per heavy atom. The first-order chi connectivity index (χ1) is 11.8. The number of fused-ring (bicyclic) bond motifs is 1. The first-order valence-electron chi connectivity index (χ1n) is 7.41. The van der Waals surface area contributed by atoms with Gasteiger partial charge in [-0.2, -0.15) is 0 Å². The van der Waals surface area contributed by atoms with E-state index in [4.69, 9.17) is 19.0 Å². The van der Waals surface area contributed by atoms with E-state index in [9.17, 15) is 24.9 Å². The molecule has 2 aromatic rings. The van der Waals surface area contributed by atoms with E-state index in [1.54, 1.807) is 13.0 Å². The van der Waals surface area contributed by atoms with Crippen molar-refractivity contribution in [1.29, 1.82) is 0 Å². The van der Waals surface area contributed by atoms with Gasteiger partial charge in [0.1, 0.15) is 29.6 Å². The Kier molecular flexibility index (Phi) is 4.48. The Balaban J connectivity index is 1.89. The monoisotopic (exact) mass is 352 g/mol. The zero-order valence-electron chi connectivity index (χ0n) is 13.0. The van der Waals surface area contributed by atoms with Crippen LogP contribution in [0.25, 0.3) is 11.0 Å². The van der Waals surface area contributed by atoms with Crippen LogP contribution in [0.1, 0.15) is 5.56 Å². The second-order valence-electron chi connectivity index (χ2n) is 5.76. The molecule has 1 saturated heterocycles. The second-order valence-corrected chi connectivity index (χ2v) is 5.76. The number of aliphatic hydroxyl groups excluding tert-OH is 3. The van der Waals surface area contributed by atoms with Gasteiger partial charge in [0.15, 0.2) is 6.10 Å². The fourth-order valence-corrected chi connectivity index (χ4v) is 2.66. The minimum Gasteiger partial charge on any atom is -0.479 e. The van der Waals surface area contributed by atoms with E-state index >= 15 is 0 Å². The summed E-state index contributed by atoms with van der Waals surface area (Å²) in [6, 6.07) is 5.86. The Hall–Kier alpha value is -2.46. The number of benzene rings is 1. The summed E-state index contributed by atoms with van der Waals surface area (Å²) >= 11 is 0. The topological polar surface area (TPSA) is 147 Å². The highest BCUT2D eigenvalue weighted by atomic mass is 16.7. The van der Waals surface area contributed by atoms with Crippen LogP contribution >= 0.6 is 0 Å². The van der Waals surface area contributed by atoms with Crippen molar-refractivity contribution in [2.75, 3.05) is 0 Å². The zero-order valence-corrected chi connectivity index (χ0v) is 13.0. The largest absolute Gasteiger partial charge is 0.479 e. The van der Waals surface area contributed by atoms with Gasteiger partial charge in [0, 0.05) is 17.5 Å². The maximum atomic E-state index is 11.5. The average Bonchev–Trinajstić information content (AvgIpc) is 2.54. The molecule has 9 nitrogen and oxygen atoms in total. The van der Waals surface area contributed by atoms with E-state index in [0.29, 0.717) is 10.9 Å². The molecule has 2 heterocycles. The summed E-state index contributed by atoms with van der Waals surface area (Å²) in [6.45, 7) is 1.74. The minimum absolute atomic E-state index is 0.123. The van der Waals surface area contributed by atoms with E-state index in [2.05, 4.69) is 0 Å². The number of carboxylic acid groups (broad SMARTS) is 1. The van der Waals surface area contributed by atoms with Crippen molar-refractivity contribution in [2.45, 2.75) is 37.6 Å². The molecule has 0 spiro atoms. The number of rotatable bonds is 3. The quantitative estimate of drug-likeness (QED) is 0.530. The second kappa shape index (κ2) is 6.45. The van der Waals surface area contributed by atoms with Crippen molar-refractivity contribution in [3.8, 4) is 5.75 Å². The van der Waals surface area contributed by atoms with Gasteiger partial charge in [-0.1, -0.05) is 0 Å². The third-order valence-electron chi connectivity index (χ3n) is 3.99. The highest BCUT2D eigenvalue weighted by molar-refractivity contribution is 5.81. The molecule has 1 aliphatic rings. The standard InChI is InChI=1S/C16H16O9/c1-6-4-10(17)24-9-5-7(2-3-8(6)9)23-16-13(20)11(18)12(19)14(25-16)15(21)22/h2-5,11-14,16,18-20H,1H3,(H,21,22)/t11?,12-,13?,14?,16+/m0/s1. The van der Waals surface area contributed by atoms with Crippen LogP contribution in [0.4, 0.5) is 0 Å². The van der Waals surface area contributed by atoms with Crippen LogP contribution < -0.4 is 10.4 Å². The number of hydrogen-bond donors (Lipinski definition) is 4. The minimum atomic E-state index is -1.80. The van der Waals surface area contributed by atoms with Crippen LogP contribution in [0.3, 0.4) is 0 Å². The van der Waals surface area contributed by atoms with Crippen molar-refractivity contribution >= 4 is 16.9 Å². The Morgan fingerprint density at radius 2 is 1.84 bits per heavy atom. The number of aliphatic hydroxyl groups is 3. The molecule has 0 bridgehead atoms. The lowest BCUT2D eigenvalue weighted by Gasteiger charge is -2.38. The summed E-state index contributed by atoms with van der Waals surface area (Å²) in [5.74, 6) is -1.38. The lowest BCUT2D eigenvalue weighted by Crippen LogP contribution is -2.61. The van der Waals surface area contributed by atoms with Crippen molar-refractivity contribution in [3.05, 3.63) is 40.2 Å². The fraction of sp³-hybridized carbons (Fsp3) is 0.375. The lowest BCUT2D eigenvalue weighted by atomic mass is 9.99. The number of aliphatic carboxylic acids is 1. The molecule has 1 fully saturated rings. The lowest BCUT2D eigenvalue weighted by molar-refractivity contribution is -0.271. The molecule has 1 aromatic heterocycles. The molecule has 5 atom stereocenters. The van der Waals surface area contributed by atoms with Crippen LogP contribution in [0.5, 0.6) is 5.75 Å². The molecule has 1 aromatic carbocycles. The van der Waals surface area contributed by atoms with Gasteiger partial charge in [-0.25, -0.2) is 9.59 Å². The van der Waals surface area contributed by atoms with Gasteiger partial charge in [-0.05, 0) is 24.6 Å². The van der Waals surface area contributed by atoms with E-state index < -0.39 is 42.3 Å².